The molecule has 4 rings (SSSR count). The Bertz CT molecular complexity index is 651. The molecule has 4 nitrogen and oxygen atoms in total. The van der Waals surface area contributed by atoms with Gasteiger partial charge in [0.05, 0.1) is 12.2 Å². The summed E-state index contributed by atoms with van der Waals surface area (Å²) in [7, 11) is 0. The Morgan fingerprint density at radius 2 is 1.43 bits per heavy atom. The first-order chi connectivity index (χ1) is 11.1. The Labute approximate surface area is 136 Å². The van der Waals surface area contributed by atoms with Gasteiger partial charge in [-0.3, -0.25) is 0 Å². The number of phenolic OH excluding ortho intramolecular Hbond substituents is 1. The van der Waals surface area contributed by atoms with Crippen LogP contribution in [0.4, 0.5) is 0 Å². The molecule has 0 spiro atoms. The predicted octanol–water partition coefficient (Wildman–Crippen LogP) is 3.18. The lowest BCUT2D eigenvalue weighted by Crippen LogP contribution is -2.19. The van der Waals surface area contributed by atoms with Crippen LogP contribution < -0.4 is 4.74 Å². The van der Waals surface area contributed by atoms with Gasteiger partial charge < -0.3 is 20.1 Å². The van der Waals surface area contributed by atoms with Gasteiger partial charge in [0.25, 0.3) is 0 Å². The van der Waals surface area contributed by atoms with Gasteiger partial charge >= 0.3 is 0 Å². The minimum Gasteiger partial charge on any atom is -0.504 e. The summed E-state index contributed by atoms with van der Waals surface area (Å²) in [6, 6.07) is 12.9. The van der Waals surface area contributed by atoms with Gasteiger partial charge in [-0.15, -0.1) is 0 Å². The highest BCUT2D eigenvalue weighted by Gasteiger charge is 2.14. The van der Waals surface area contributed by atoms with Gasteiger partial charge in [-0.25, -0.2) is 0 Å². The normalized spacial score (nSPS) is 22.0. The van der Waals surface area contributed by atoms with Crippen molar-refractivity contribution in [3.8, 4) is 17.2 Å². The van der Waals surface area contributed by atoms with E-state index < -0.39 is 12.2 Å². The molecule has 2 aliphatic rings. The van der Waals surface area contributed by atoms with Crippen LogP contribution >= 0.6 is 0 Å². The Morgan fingerprint density at radius 3 is 2.13 bits per heavy atom. The molecule has 2 unspecified atom stereocenters. The first kappa shape index (κ1) is 15.8. The van der Waals surface area contributed by atoms with Gasteiger partial charge in [-0.2, -0.15) is 0 Å². The summed E-state index contributed by atoms with van der Waals surface area (Å²) in [6.07, 6.45) is 1.99. The van der Waals surface area contributed by atoms with Crippen molar-refractivity contribution >= 4 is 0 Å². The molecule has 2 aliphatic heterocycles. The first-order valence-corrected chi connectivity index (χ1v) is 8.05. The summed E-state index contributed by atoms with van der Waals surface area (Å²) in [6.45, 7) is 0. The Kier molecular flexibility index (Phi) is 4.84. The summed E-state index contributed by atoms with van der Waals surface area (Å²) >= 11 is 0. The van der Waals surface area contributed by atoms with E-state index in [1.54, 1.807) is 12.1 Å². The van der Waals surface area contributed by atoms with Crippen molar-refractivity contribution in [3.05, 3.63) is 53.6 Å². The Balaban J connectivity index is 1.89. The topological polar surface area (TPSA) is 69.9 Å². The van der Waals surface area contributed by atoms with Crippen LogP contribution in [0.3, 0.4) is 0 Å². The summed E-state index contributed by atoms with van der Waals surface area (Å²) in [5.41, 5.74) is 2.09. The molecule has 2 heterocycles. The van der Waals surface area contributed by atoms with Crippen LogP contribution in [-0.4, -0.2) is 27.5 Å². The van der Waals surface area contributed by atoms with Crippen LogP contribution in [-0.2, 0) is 12.8 Å². The van der Waals surface area contributed by atoms with Crippen LogP contribution in [0.5, 0.6) is 17.2 Å². The number of hydrogen-bond acceptors (Lipinski definition) is 4. The molecule has 0 aromatic heterocycles. The highest BCUT2D eigenvalue weighted by molar-refractivity contribution is 5.45. The predicted molar refractivity (Wildman–Crippen MR) is 87.9 cm³/mol. The number of aromatic hydroxyl groups is 1. The third-order valence-corrected chi connectivity index (χ3v) is 4.25. The van der Waals surface area contributed by atoms with Crippen molar-refractivity contribution in [3.63, 3.8) is 0 Å². The van der Waals surface area contributed by atoms with Gasteiger partial charge in [0.1, 0.15) is 5.75 Å². The third kappa shape index (κ3) is 4.24. The first-order valence-electron chi connectivity index (χ1n) is 8.05. The fourth-order valence-electron chi connectivity index (χ4n) is 2.86. The van der Waals surface area contributed by atoms with Gasteiger partial charge in [0.2, 0.25) is 0 Å². The van der Waals surface area contributed by atoms with Gasteiger partial charge in [-0.1, -0.05) is 18.2 Å². The second kappa shape index (κ2) is 7.02. The van der Waals surface area contributed by atoms with Crippen molar-refractivity contribution in [1.82, 2.24) is 0 Å². The number of aliphatic hydroxyl groups is 2. The highest BCUT2D eigenvalue weighted by Crippen LogP contribution is 2.32. The number of hydrogen-bond donors (Lipinski definition) is 3. The fraction of sp³-hybridized carbons (Fsp3) is 0.368. The maximum Gasteiger partial charge on any atom is 0.169 e. The lowest BCUT2D eigenvalue weighted by molar-refractivity contribution is 0.0714. The molecule has 4 bridgehead atoms. The number of benzene rings is 2. The van der Waals surface area contributed by atoms with Gasteiger partial charge in [-0.05, 0) is 67.5 Å². The van der Waals surface area contributed by atoms with E-state index in [4.69, 9.17) is 4.74 Å². The van der Waals surface area contributed by atoms with Gasteiger partial charge in [0.15, 0.2) is 11.5 Å². The van der Waals surface area contributed by atoms with Crippen molar-refractivity contribution < 1.29 is 20.1 Å². The number of rotatable bonds is 0. The lowest BCUT2D eigenvalue weighted by Gasteiger charge is -2.15. The van der Waals surface area contributed by atoms with E-state index in [9.17, 15) is 15.3 Å². The molecule has 0 fully saturated rings. The number of ether oxygens (including phenoxy) is 1. The minimum atomic E-state index is -0.532. The van der Waals surface area contributed by atoms with Crippen molar-refractivity contribution in [1.29, 1.82) is 0 Å². The van der Waals surface area contributed by atoms with Crippen LogP contribution in [0.2, 0.25) is 0 Å². The number of aliphatic hydroxyl groups excluding tert-OH is 2. The largest absolute Gasteiger partial charge is 0.504 e. The Morgan fingerprint density at radius 1 is 0.826 bits per heavy atom. The molecule has 0 saturated heterocycles. The molecule has 0 radical (unpaired) electrons. The summed E-state index contributed by atoms with van der Waals surface area (Å²) < 4.78 is 5.76. The molecular formula is C19H22O4. The summed E-state index contributed by atoms with van der Waals surface area (Å²) in [4.78, 5) is 0. The lowest BCUT2D eigenvalue weighted by atomic mass is 9.99. The molecule has 2 atom stereocenters. The standard InChI is InChI=1S/C19H22O4/c20-15-6-1-13-3-8-17(9-4-13)23-19-11-14(5-10-18(19)22)2-7-16(21)12-15/h3-5,8-11,15-16,20-22H,1-2,6-7,12H2. The molecular weight excluding hydrogens is 292 g/mol. The van der Waals surface area contributed by atoms with E-state index >= 15 is 0 Å². The zero-order valence-corrected chi connectivity index (χ0v) is 13.0. The zero-order chi connectivity index (χ0) is 16.2. The molecule has 2 aromatic rings. The Hall–Kier alpha value is -2.04. The maximum atomic E-state index is 10.1. The van der Waals surface area contributed by atoms with E-state index in [-0.39, 0.29) is 5.75 Å². The third-order valence-electron chi connectivity index (χ3n) is 4.25. The van der Waals surface area contributed by atoms with Gasteiger partial charge in [0, 0.05) is 0 Å². The van der Waals surface area contributed by atoms with E-state index in [1.165, 1.54) is 0 Å². The second-order valence-electron chi connectivity index (χ2n) is 6.17. The summed E-state index contributed by atoms with van der Waals surface area (Å²) in [5, 5.41) is 30.1. The van der Waals surface area contributed by atoms with Crippen LogP contribution in [0.15, 0.2) is 42.5 Å². The number of aryl methyl sites for hydroxylation is 2. The quantitative estimate of drug-likeness (QED) is 0.698. The molecule has 2 aromatic carbocycles. The number of fused-ring (bicyclic) bond motifs is 8. The van der Waals surface area contributed by atoms with Crippen LogP contribution in [0.1, 0.15) is 30.4 Å². The van der Waals surface area contributed by atoms with Crippen LogP contribution in [0.25, 0.3) is 0 Å². The molecule has 23 heavy (non-hydrogen) atoms. The average Bonchev–Trinajstić information content (AvgIpc) is 2.55. The maximum absolute atomic E-state index is 10.1. The second-order valence-corrected chi connectivity index (χ2v) is 6.17. The van der Waals surface area contributed by atoms with E-state index in [2.05, 4.69) is 0 Å². The summed E-state index contributed by atoms with van der Waals surface area (Å²) in [5.74, 6) is 1.18. The van der Waals surface area contributed by atoms with Crippen molar-refractivity contribution in [2.45, 2.75) is 44.3 Å². The molecule has 3 N–H and O–H groups in total. The smallest absolute Gasteiger partial charge is 0.169 e. The average molecular weight is 314 g/mol. The fourth-order valence-corrected chi connectivity index (χ4v) is 2.86. The highest BCUT2D eigenvalue weighted by atomic mass is 16.5. The van der Waals surface area contributed by atoms with E-state index in [0.717, 1.165) is 17.5 Å². The zero-order valence-electron chi connectivity index (χ0n) is 13.0. The number of phenols is 1. The molecule has 4 heteroatoms. The molecule has 0 aliphatic carbocycles. The van der Waals surface area contributed by atoms with E-state index in [1.807, 2.05) is 30.3 Å². The molecule has 122 valence electrons. The molecule has 0 saturated carbocycles. The van der Waals surface area contributed by atoms with E-state index in [0.29, 0.717) is 37.2 Å². The minimum absolute atomic E-state index is 0.0955. The van der Waals surface area contributed by atoms with Crippen molar-refractivity contribution in [2.75, 3.05) is 0 Å². The monoisotopic (exact) mass is 314 g/mol. The SMILES string of the molecule is Oc1ccc2cc1Oc1ccc(cc1)CCC(O)CC(O)CC2. The molecule has 0 amide bonds. The van der Waals surface area contributed by atoms with Crippen molar-refractivity contribution in [2.24, 2.45) is 0 Å². The van der Waals surface area contributed by atoms with Crippen LogP contribution in [0, 0.1) is 0 Å².